The summed E-state index contributed by atoms with van der Waals surface area (Å²) in [5.74, 6) is -1.59. The van der Waals surface area contributed by atoms with Crippen molar-refractivity contribution in [1.82, 2.24) is 4.90 Å². The molecule has 0 aromatic heterocycles. The van der Waals surface area contributed by atoms with Crippen LogP contribution < -0.4 is 14.4 Å². The highest BCUT2D eigenvalue weighted by atomic mass is 19.4. The van der Waals surface area contributed by atoms with Gasteiger partial charge in [0.15, 0.2) is 6.23 Å². The van der Waals surface area contributed by atoms with Crippen molar-refractivity contribution in [3.8, 4) is 17.2 Å². The van der Waals surface area contributed by atoms with Crippen molar-refractivity contribution in [2.75, 3.05) is 18.0 Å². The standard InChI is InChI=1S/C27H22F4N2O4/c1-17(34)32-14-13-26(16-33(24(35)27(29,30)31)23-8-3-2-7-22(23)26)25(32)37-21-6-4-5-20(15-21)36-19-11-9-18(28)10-12-19/h2-12,15,25H,13-14,16H2,1H3. The molecule has 2 heterocycles. The number of likely N-dealkylation sites (tertiary alicyclic amines) is 1. The number of amides is 2. The number of hydrogen-bond acceptors (Lipinski definition) is 4. The number of halogens is 4. The van der Waals surface area contributed by atoms with Crippen molar-refractivity contribution in [3.05, 3.63) is 84.2 Å². The Labute approximate surface area is 210 Å². The summed E-state index contributed by atoms with van der Waals surface area (Å²) in [7, 11) is 0. The first-order valence-electron chi connectivity index (χ1n) is 11.5. The third kappa shape index (κ3) is 4.47. The summed E-state index contributed by atoms with van der Waals surface area (Å²) in [6, 6.07) is 18.4. The van der Waals surface area contributed by atoms with Crippen molar-refractivity contribution < 1.29 is 36.6 Å². The maximum absolute atomic E-state index is 13.4. The van der Waals surface area contributed by atoms with E-state index in [-0.39, 0.29) is 24.7 Å². The van der Waals surface area contributed by atoms with Crippen LogP contribution in [0.2, 0.25) is 0 Å². The Balaban J connectivity index is 1.50. The van der Waals surface area contributed by atoms with Crippen molar-refractivity contribution in [2.45, 2.75) is 31.2 Å². The molecule has 2 unspecified atom stereocenters. The Kier molecular flexibility index (Phi) is 6.05. The van der Waals surface area contributed by atoms with E-state index in [1.165, 1.54) is 42.2 Å². The Bertz CT molecular complexity index is 1340. The average molecular weight is 514 g/mol. The predicted octanol–water partition coefficient (Wildman–Crippen LogP) is 5.42. The molecule has 1 saturated heterocycles. The fourth-order valence-electron chi connectivity index (χ4n) is 5.08. The molecule has 1 fully saturated rings. The number of anilines is 1. The van der Waals surface area contributed by atoms with Gasteiger partial charge in [-0.3, -0.25) is 9.59 Å². The van der Waals surface area contributed by atoms with Gasteiger partial charge in [-0.15, -0.1) is 0 Å². The third-order valence-electron chi connectivity index (χ3n) is 6.72. The lowest BCUT2D eigenvalue weighted by Crippen LogP contribution is -2.52. The number of alkyl halides is 3. The van der Waals surface area contributed by atoms with E-state index < -0.39 is 29.5 Å². The van der Waals surface area contributed by atoms with Crippen LogP contribution in [0.3, 0.4) is 0 Å². The van der Waals surface area contributed by atoms with Gasteiger partial charge < -0.3 is 19.3 Å². The molecule has 0 bridgehead atoms. The van der Waals surface area contributed by atoms with E-state index in [4.69, 9.17) is 9.47 Å². The van der Waals surface area contributed by atoms with Crippen molar-refractivity contribution in [2.24, 2.45) is 0 Å². The molecule has 2 aliphatic rings. The lowest BCUT2D eigenvalue weighted by atomic mass is 9.80. The average Bonchev–Trinajstić information content (AvgIpc) is 3.39. The molecule has 1 spiro atoms. The summed E-state index contributed by atoms with van der Waals surface area (Å²) in [4.78, 5) is 27.1. The normalized spacial score (nSPS) is 20.7. The minimum atomic E-state index is -5.06. The summed E-state index contributed by atoms with van der Waals surface area (Å²) in [5.41, 5.74) is -0.408. The number of benzene rings is 3. The molecular formula is C27H22F4N2O4. The van der Waals surface area contributed by atoms with Gasteiger partial charge in [-0.1, -0.05) is 24.3 Å². The summed E-state index contributed by atoms with van der Waals surface area (Å²) >= 11 is 0. The first-order chi connectivity index (χ1) is 17.6. The van der Waals surface area contributed by atoms with Crippen LogP contribution in [0.25, 0.3) is 0 Å². The molecule has 192 valence electrons. The summed E-state index contributed by atoms with van der Waals surface area (Å²) in [6.07, 6.45) is -5.72. The molecule has 0 saturated carbocycles. The molecule has 6 nitrogen and oxygen atoms in total. The van der Waals surface area contributed by atoms with Gasteiger partial charge in [-0.05, 0) is 54.4 Å². The fourth-order valence-corrected chi connectivity index (χ4v) is 5.08. The van der Waals surface area contributed by atoms with Gasteiger partial charge in [0.25, 0.3) is 0 Å². The molecule has 0 N–H and O–H groups in total. The number of rotatable bonds is 4. The Hall–Kier alpha value is -4.08. The minimum Gasteiger partial charge on any atom is -0.469 e. The zero-order valence-electron chi connectivity index (χ0n) is 19.7. The number of nitrogens with zero attached hydrogens (tertiary/aromatic N) is 2. The molecule has 2 atom stereocenters. The number of carbonyl (C=O) groups is 2. The maximum atomic E-state index is 13.4. The molecule has 3 aromatic rings. The predicted molar refractivity (Wildman–Crippen MR) is 126 cm³/mol. The molecular weight excluding hydrogens is 492 g/mol. The highest BCUT2D eigenvalue weighted by Crippen LogP contribution is 2.51. The SMILES string of the molecule is CC(=O)N1CCC2(CN(C(=O)C(F)(F)F)c3ccccc32)C1Oc1cccc(Oc2ccc(F)cc2)c1. The monoisotopic (exact) mass is 514 g/mol. The van der Waals surface area contributed by atoms with Gasteiger partial charge in [0.2, 0.25) is 5.91 Å². The van der Waals surface area contributed by atoms with Crippen LogP contribution in [0.5, 0.6) is 17.2 Å². The molecule has 2 amide bonds. The third-order valence-corrected chi connectivity index (χ3v) is 6.72. The molecule has 2 aliphatic heterocycles. The molecule has 5 rings (SSSR count). The molecule has 10 heteroatoms. The van der Waals surface area contributed by atoms with E-state index >= 15 is 0 Å². The van der Waals surface area contributed by atoms with Crippen LogP contribution in [-0.2, 0) is 15.0 Å². The number of carbonyl (C=O) groups excluding carboxylic acids is 2. The summed E-state index contributed by atoms with van der Waals surface area (Å²) < 4.78 is 65.6. The van der Waals surface area contributed by atoms with Crippen molar-refractivity contribution >= 4 is 17.5 Å². The van der Waals surface area contributed by atoms with Gasteiger partial charge in [0, 0.05) is 31.8 Å². The summed E-state index contributed by atoms with van der Waals surface area (Å²) in [6.45, 7) is 1.32. The quantitative estimate of drug-likeness (QED) is 0.437. The van der Waals surface area contributed by atoms with E-state index in [2.05, 4.69) is 0 Å². The van der Waals surface area contributed by atoms with E-state index in [0.29, 0.717) is 29.2 Å². The largest absolute Gasteiger partial charge is 0.471 e. The van der Waals surface area contributed by atoms with Crippen LogP contribution in [-0.4, -0.2) is 42.2 Å². The number of hydrogen-bond donors (Lipinski definition) is 0. The lowest BCUT2D eigenvalue weighted by Gasteiger charge is -2.35. The van der Waals surface area contributed by atoms with Gasteiger partial charge >= 0.3 is 12.1 Å². The zero-order chi connectivity index (χ0) is 26.4. The molecule has 0 aliphatic carbocycles. The van der Waals surface area contributed by atoms with Gasteiger partial charge in [-0.25, -0.2) is 4.39 Å². The smallest absolute Gasteiger partial charge is 0.469 e. The first kappa shape index (κ1) is 24.6. The lowest BCUT2D eigenvalue weighted by molar-refractivity contribution is -0.170. The summed E-state index contributed by atoms with van der Waals surface area (Å²) in [5, 5.41) is 0. The van der Waals surface area contributed by atoms with Crippen LogP contribution in [0.4, 0.5) is 23.2 Å². The highest BCUT2D eigenvalue weighted by Gasteiger charge is 2.59. The highest BCUT2D eigenvalue weighted by molar-refractivity contribution is 6.00. The van der Waals surface area contributed by atoms with Crippen LogP contribution >= 0.6 is 0 Å². The molecule has 37 heavy (non-hydrogen) atoms. The Morgan fingerprint density at radius 2 is 1.65 bits per heavy atom. The van der Waals surface area contributed by atoms with Crippen molar-refractivity contribution in [1.29, 1.82) is 0 Å². The van der Waals surface area contributed by atoms with E-state index in [9.17, 15) is 27.2 Å². The zero-order valence-corrected chi connectivity index (χ0v) is 19.7. The second-order valence-corrected chi connectivity index (χ2v) is 9.03. The van der Waals surface area contributed by atoms with Crippen molar-refractivity contribution in [3.63, 3.8) is 0 Å². The molecule has 3 aromatic carbocycles. The second-order valence-electron chi connectivity index (χ2n) is 9.03. The minimum absolute atomic E-state index is 0.150. The van der Waals surface area contributed by atoms with Crippen LogP contribution in [0, 0.1) is 5.82 Å². The number of fused-ring (bicyclic) bond motifs is 2. The number of ether oxygens (including phenoxy) is 2. The maximum Gasteiger partial charge on any atom is 0.471 e. The Morgan fingerprint density at radius 3 is 2.35 bits per heavy atom. The van der Waals surface area contributed by atoms with Crippen LogP contribution in [0.15, 0.2) is 72.8 Å². The van der Waals surface area contributed by atoms with Gasteiger partial charge in [-0.2, -0.15) is 13.2 Å². The first-order valence-corrected chi connectivity index (χ1v) is 11.5. The second kappa shape index (κ2) is 9.10. The van der Waals surface area contributed by atoms with E-state index in [0.717, 1.165) is 4.90 Å². The van der Waals surface area contributed by atoms with Gasteiger partial charge in [0.05, 0.1) is 5.41 Å². The van der Waals surface area contributed by atoms with Gasteiger partial charge in [0.1, 0.15) is 23.1 Å². The number of para-hydroxylation sites is 1. The Morgan fingerprint density at radius 1 is 0.946 bits per heavy atom. The fraction of sp³-hybridized carbons (Fsp3) is 0.259. The molecule has 0 radical (unpaired) electrons. The van der Waals surface area contributed by atoms with E-state index in [1.807, 2.05) is 0 Å². The van der Waals surface area contributed by atoms with Crippen LogP contribution in [0.1, 0.15) is 18.9 Å². The topological polar surface area (TPSA) is 59.1 Å². The van der Waals surface area contributed by atoms with E-state index in [1.54, 1.807) is 42.5 Å².